The van der Waals surface area contributed by atoms with E-state index in [0.717, 1.165) is 33.7 Å². The first kappa shape index (κ1) is 16.3. The molecule has 0 fully saturated rings. The SMILES string of the molecule is CCn1nc(C)c(Cl)c1COc1ccc(Br)cc1C(C)N. The first-order chi connectivity index (χ1) is 9.93. The van der Waals surface area contributed by atoms with Crippen molar-refractivity contribution in [1.82, 2.24) is 9.78 Å². The minimum absolute atomic E-state index is 0.106. The topological polar surface area (TPSA) is 53.1 Å². The summed E-state index contributed by atoms with van der Waals surface area (Å²) in [6.07, 6.45) is 0. The van der Waals surface area contributed by atoms with Gasteiger partial charge in [-0.25, -0.2) is 0 Å². The van der Waals surface area contributed by atoms with Gasteiger partial charge in [-0.2, -0.15) is 5.10 Å². The summed E-state index contributed by atoms with van der Waals surface area (Å²) in [5, 5.41) is 5.05. The second-order valence-electron chi connectivity index (χ2n) is 4.92. The maximum absolute atomic E-state index is 6.29. The van der Waals surface area contributed by atoms with Crippen LogP contribution in [-0.2, 0) is 13.2 Å². The Morgan fingerprint density at radius 3 is 2.81 bits per heavy atom. The molecule has 2 aromatic rings. The van der Waals surface area contributed by atoms with Crippen LogP contribution in [0.5, 0.6) is 5.75 Å². The average molecular weight is 373 g/mol. The van der Waals surface area contributed by atoms with E-state index in [4.69, 9.17) is 22.1 Å². The summed E-state index contributed by atoms with van der Waals surface area (Å²) in [7, 11) is 0. The predicted octanol–water partition coefficient (Wildman–Crippen LogP) is 4.23. The van der Waals surface area contributed by atoms with E-state index in [1.165, 1.54) is 0 Å². The highest BCUT2D eigenvalue weighted by atomic mass is 79.9. The molecule has 0 radical (unpaired) electrons. The quantitative estimate of drug-likeness (QED) is 0.854. The van der Waals surface area contributed by atoms with Gasteiger partial charge in [-0.3, -0.25) is 4.68 Å². The molecule has 0 spiro atoms. The highest BCUT2D eigenvalue weighted by molar-refractivity contribution is 9.10. The van der Waals surface area contributed by atoms with E-state index in [-0.39, 0.29) is 6.04 Å². The second kappa shape index (κ2) is 6.81. The number of ether oxygens (including phenoxy) is 1. The van der Waals surface area contributed by atoms with Gasteiger partial charge < -0.3 is 10.5 Å². The Morgan fingerprint density at radius 2 is 2.19 bits per heavy atom. The lowest BCUT2D eigenvalue weighted by atomic mass is 10.1. The summed E-state index contributed by atoms with van der Waals surface area (Å²) in [4.78, 5) is 0. The molecule has 0 saturated carbocycles. The zero-order valence-electron chi connectivity index (χ0n) is 12.4. The Balaban J connectivity index is 2.25. The summed E-state index contributed by atoms with van der Waals surface area (Å²) < 4.78 is 8.77. The van der Waals surface area contributed by atoms with Crippen LogP contribution < -0.4 is 10.5 Å². The molecule has 0 bridgehead atoms. The molecule has 0 saturated heterocycles. The van der Waals surface area contributed by atoms with Gasteiger partial charge in [0.25, 0.3) is 0 Å². The lowest BCUT2D eigenvalue weighted by Gasteiger charge is -2.15. The normalized spacial score (nSPS) is 12.5. The van der Waals surface area contributed by atoms with E-state index < -0.39 is 0 Å². The van der Waals surface area contributed by atoms with Crippen LogP contribution in [0.4, 0.5) is 0 Å². The predicted molar refractivity (Wildman–Crippen MR) is 88.7 cm³/mol. The van der Waals surface area contributed by atoms with Crippen molar-refractivity contribution in [3.63, 3.8) is 0 Å². The third-order valence-corrected chi connectivity index (χ3v) is 4.26. The van der Waals surface area contributed by atoms with Gasteiger partial charge in [0.2, 0.25) is 0 Å². The van der Waals surface area contributed by atoms with Crippen molar-refractivity contribution in [3.8, 4) is 5.75 Å². The molecular formula is C15H19BrClN3O. The number of aryl methyl sites for hydroxylation is 2. The number of halogens is 2. The zero-order valence-corrected chi connectivity index (χ0v) is 14.7. The van der Waals surface area contributed by atoms with Gasteiger partial charge in [0.05, 0.1) is 16.4 Å². The van der Waals surface area contributed by atoms with Crippen molar-refractivity contribution in [2.75, 3.05) is 0 Å². The van der Waals surface area contributed by atoms with Gasteiger partial charge in [0.1, 0.15) is 12.4 Å². The summed E-state index contributed by atoms with van der Waals surface area (Å²) in [5.74, 6) is 0.769. The molecule has 114 valence electrons. The maximum atomic E-state index is 6.29. The molecule has 1 atom stereocenters. The molecule has 21 heavy (non-hydrogen) atoms. The third-order valence-electron chi connectivity index (χ3n) is 3.28. The largest absolute Gasteiger partial charge is 0.487 e. The van der Waals surface area contributed by atoms with Gasteiger partial charge in [-0.15, -0.1) is 0 Å². The Bertz CT molecular complexity index is 640. The van der Waals surface area contributed by atoms with Crippen LogP contribution in [0.15, 0.2) is 22.7 Å². The number of hydrogen-bond acceptors (Lipinski definition) is 3. The lowest BCUT2D eigenvalue weighted by molar-refractivity contribution is 0.288. The summed E-state index contributed by atoms with van der Waals surface area (Å²) in [6, 6.07) is 5.72. The van der Waals surface area contributed by atoms with Crippen molar-refractivity contribution in [2.45, 2.75) is 40.0 Å². The standard InChI is InChI=1S/C15H19BrClN3O/c1-4-20-13(15(17)10(3)19-20)8-21-14-6-5-11(16)7-12(14)9(2)18/h5-7,9H,4,8,18H2,1-3H3. The molecule has 1 aromatic carbocycles. The molecule has 1 unspecified atom stereocenters. The van der Waals surface area contributed by atoms with Crippen LogP contribution in [0.25, 0.3) is 0 Å². The van der Waals surface area contributed by atoms with Crippen molar-refractivity contribution in [2.24, 2.45) is 5.73 Å². The fraction of sp³-hybridized carbons (Fsp3) is 0.400. The molecule has 1 heterocycles. The van der Waals surface area contributed by atoms with E-state index in [0.29, 0.717) is 11.6 Å². The molecule has 2 rings (SSSR count). The minimum atomic E-state index is -0.106. The van der Waals surface area contributed by atoms with E-state index >= 15 is 0 Å². The van der Waals surface area contributed by atoms with Crippen LogP contribution in [0.1, 0.15) is 36.8 Å². The van der Waals surface area contributed by atoms with Gasteiger partial charge >= 0.3 is 0 Å². The van der Waals surface area contributed by atoms with Crippen LogP contribution >= 0.6 is 27.5 Å². The molecule has 1 aromatic heterocycles. The Kier molecular flexibility index (Phi) is 5.30. The Morgan fingerprint density at radius 1 is 1.48 bits per heavy atom. The van der Waals surface area contributed by atoms with E-state index in [1.807, 2.05) is 43.7 Å². The highest BCUT2D eigenvalue weighted by Gasteiger charge is 2.15. The Labute approximate surface area is 138 Å². The first-order valence-electron chi connectivity index (χ1n) is 6.83. The van der Waals surface area contributed by atoms with Crippen molar-refractivity contribution in [3.05, 3.63) is 44.6 Å². The fourth-order valence-corrected chi connectivity index (χ4v) is 2.73. The smallest absolute Gasteiger partial charge is 0.131 e. The monoisotopic (exact) mass is 371 g/mol. The minimum Gasteiger partial charge on any atom is -0.487 e. The first-order valence-corrected chi connectivity index (χ1v) is 8.00. The van der Waals surface area contributed by atoms with Gasteiger partial charge in [-0.05, 0) is 39.0 Å². The van der Waals surface area contributed by atoms with Crippen molar-refractivity contribution in [1.29, 1.82) is 0 Å². The number of rotatable bonds is 5. The average Bonchev–Trinajstić information content (AvgIpc) is 2.72. The molecule has 0 aliphatic carbocycles. The number of nitrogens with zero attached hydrogens (tertiary/aromatic N) is 2. The summed E-state index contributed by atoms with van der Waals surface area (Å²) in [6.45, 7) is 6.98. The van der Waals surface area contributed by atoms with Crippen LogP contribution in [0, 0.1) is 6.92 Å². The van der Waals surface area contributed by atoms with Gasteiger partial charge in [0.15, 0.2) is 0 Å². The van der Waals surface area contributed by atoms with E-state index in [1.54, 1.807) is 0 Å². The second-order valence-corrected chi connectivity index (χ2v) is 6.21. The number of aromatic nitrogens is 2. The van der Waals surface area contributed by atoms with E-state index in [2.05, 4.69) is 21.0 Å². The molecule has 6 heteroatoms. The molecule has 2 N–H and O–H groups in total. The summed E-state index contributed by atoms with van der Waals surface area (Å²) in [5.41, 5.74) is 8.66. The van der Waals surface area contributed by atoms with Crippen LogP contribution in [0.2, 0.25) is 5.02 Å². The van der Waals surface area contributed by atoms with Crippen molar-refractivity contribution >= 4 is 27.5 Å². The highest BCUT2D eigenvalue weighted by Crippen LogP contribution is 2.29. The molecule has 0 aliphatic rings. The summed E-state index contributed by atoms with van der Waals surface area (Å²) >= 11 is 9.74. The maximum Gasteiger partial charge on any atom is 0.131 e. The number of benzene rings is 1. The molecular weight excluding hydrogens is 354 g/mol. The fourth-order valence-electron chi connectivity index (χ4n) is 2.16. The lowest BCUT2D eigenvalue weighted by Crippen LogP contribution is -2.10. The van der Waals surface area contributed by atoms with Gasteiger partial charge in [0, 0.05) is 22.6 Å². The van der Waals surface area contributed by atoms with Crippen LogP contribution in [-0.4, -0.2) is 9.78 Å². The number of hydrogen-bond donors (Lipinski definition) is 1. The Hall–Kier alpha value is -1.04. The molecule has 0 amide bonds. The zero-order chi connectivity index (χ0) is 15.6. The van der Waals surface area contributed by atoms with Gasteiger partial charge in [-0.1, -0.05) is 27.5 Å². The van der Waals surface area contributed by atoms with E-state index in [9.17, 15) is 0 Å². The number of nitrogens with two attached hydrogens (primary N) is 1. The molecule has 0 aliphatic heterocycles. The van der Waals surface area contributed by atoms with Crippen LogP contribution in [0.3, 0.4) is 0 Å². The van der Waals surface area contributed by atoms with Crippen molar-refractivity contribution < 1.29 is 4.74 Å². The third kappa shape index (κ3) is 3.59. The molecule has 4 nitrogen and oxygen atoms in total.